The molecule has 0 spiro atoms. The molecular formula is C21H16ClN3. The second-order valence-corrected chi connectivity index (χ2v) is 6.92. The van der Waals surface area contributed by atoms with Crippen molar-refractivity contribution in [2.75, 3.05) is 0 Å². The molecule has 0 radical (unpaired) electrons. The summed E-state index contributed by atoms with van der Waals surface area (Å²) in [5.74, 6) is 0. The zero-order valence-electron chi connectivity index (χ0n) is 13.8. The van der Waals surface area contributed by atoms with Crippen LogP contribution in [-0.2, 0) is 12.8 Å². The maximum absolute atomic E-state index is 6.00. The van der Waals surface area contributed by atoms with Crippen molar-refractivity contribution in [1.82, 2.24) is 14.6 Å². The van der Waals surface area contributed by atoms with Crippen molar-refractivity contribution in [2.45, 2.75) is 19.8 Å². The minimum absolute atomic E-state index is 0.730. The van der Waals surface area contributed by atoms with Crippen LogP contribution >= 0.6 is 11.6 Å². The molecule has 0 aliphatic heterocycles. The zero-order valence-corrected chi connectivity index (χ0v) is 14.6. The lowest BCUT2D eigenvalue weighted by atomic mass is 9.88. The van der Waals surface area contributed by atoms with Gasteiger partial charge in [-0.3, -0.25) is 0 Å². The summed E-state index contributed by atoms with van der Waals surface area (Å²) < 4.78 is 1.97. The highest BCUT2D eigenvalue weighted by Gasteiger charge is 2.21. The Bertz CT molecular complexity index is 1110. The first kappa shape index (κ1) is 14.7. The van der Waals surface area contributed by atoms with Gasteiger partial charge in [0.25, 0.3) is 0 Å². The van der Waals surface area contributed by atoms with Crippen molar-refractivity contribution in [3.8, 4) is 22.5 Å². The van der Waals surface area contributed by atoms with Crippen LogP contribution in [0, 0.1) is 6.92 Å². The molecule has 1 aliphatic rings. The van der Waals surface area contributed by atoms with Gasteiger partial charge in [0, 0.05) is 33.5 Å². The Kier molecular flexibility index (Phi) is 3.19. The zero-order chi connectivity index (χ0) is 17.0. The minimum Gasteiger partial charge on any atom is -0.228 e. The fourth-order valence-corrected chi connectivity index (χ4v) is 3.82. The van der Waals surface area contributed by atoms with Crippen molar-refractivity contribution in [3.63, 3.8) is 0 Å². The summed E-state index contributed by atoms with van der Waals surface area (Å²) in [4.78, 5) is 4.96. The first-order valence-electron chi connectivity index (χ1n) is 8.44. The van der Waals surface area contributed by atoms with Crippen LogP contribution in [-0.4, -0.2) is 14.6 Å². The first-order chi connectivity index (χ1) is 12.2. The molecule has 0 atom stereocenters. The highest BCUT2D eigenvalue weighted by atomic mass is 35.5. The molecule has 4 aromatic rings. The first-order valence-corrected chi connectivity index (χ1v) is 8.82. The third-order valence-electron chi connectivity index (χ3n) is 5.01. The summed E-state index contributed by atoms with van der Waals surface area (Å²) in [5.41, 5.74) is 9.07. The number of aryl methyl sites for hydroxylation is 2. The maximum Gasteiger partial charge on any atom is 0.156 e. The Labute approximate surface area is 150 Å². The lowest BCUT2D eigenvalue weighted by Gasteiger charge is -2.20. The molecular weight excluding hydrogens is 330 g/mol. The van der Waals surface area contributed by atoms with E-state index in [9.17, 15) is 0 Å². The van der Waals surface area contributed by atoms with E-state index in [1.165, 1.54) is 22.4 Å². The molecule has 5 rings (SSSR count). The van der Waals surface area contributed by atoms with Crippen LogP contribution in [0.15, 0.2) is 54.6 Å². The molecule has 0 bridgehead atoms. The van der Waals surface area contributed by atoms with Crippen LogP contribution < -0.4 is 0 Å². The van der Waals surface area contributed by atoms with Gasteiger partial charge >= 0.3 is 0 Å². The number of aromatic nitrogens is 3. The van der Waals surface area contributed by atoms with Gasteiger partial charge < -0.3 is 0 Å². The number of rotatable bonds is 1. The molecule has 2 aromatic carbocycles. The summed E-state index contributed by atoms with van der Waals surface area (Å²) in [6, 6.07) is 18.4. The molecule has 2 aromatic heterocycles. The third kappa shape index (κ3) is 2.27. The lowest BCUT2D eigenvalue weighted by molar-refractivity contribution is 0.834. The molecule has 122 valence electrons. The molecule has 0 saturated carbocycles. The Hall–Kier alpha value is -2.65. The van der Waals surface area contributed by atoms with E-state index in [0.717, 1.165) is 40.5 Å². The van der Waals surface area contributed by atoms with Crippen LogP contribution in [0.25, 0.3) is 28.2 Å². The highest BCUT2D eigenvalue weighted by Crippen LogP contribution is 2.34. The summed E-state index contributed by atoms with van der Waals surface area (Å²) in [7, 11) is 0. The van der Waals surface area contributed by atoms with E-state index < -0.39 is 0 Å². The van der Waals surface area contributed by atoms with Gasteiger partial charge in [0.2, 0.25) is 0 Å². The minimum atomic E-state index is 0.730. The monoisotopic (exact) mass is 345 g/mol. The average molecular weight is 346 g/mol. The van der Waals surface area contributed by atoms with Crippen LogP contribution in [0.4, 0.5) is 0 Å². The highest BCUT2D eigenvalue weighted by molar-refractivity contribution is 6.30. The van der Waals surface area contributed by atoms with Gasteiger partial charge in [-0.15, -0.1) is 0 Å². The average Bonchev–Trinajstić information content (AvgIpc) is 3.07. The van der Waals surface area contributed by atoms with Gasteiger partial charge in [0.15, 0.2) is 5.65 Å². The Morgan fingerprint density at radius 1 is 1.00 bits per heavy atom. The quantitative estimate of drug-likeness (QED) is 0.479. The second-order valence-electron chi connectivity index (χ2n) is 6.49. The van der Waals surface area contributed by atoms with Crippen LogP contribution in [0.3, 0.4) is 0 Å². The van der Waals surface area contributed by atoms with E-state index in [1.807, 2.05) is 34.8 Å². The number of nitrogens with zero attached hydrogens (tertiary/aromatic N) is 3. The Balaban J connectivity index is 1.74. The van der Waals surface area contributed by atoms with E-state index in [-0.39, 0.29) is 0 Å². The van der Waals surface area contributed by atoms with E-state index >= 15 is 0 Å². The number of hydrogen-bond acceptors (Lipinski definition) is 2. The molecule has 2 heterocycles. The van der Waals surface area contributed by atoms with Crippen LogP contribution in [0.5, 0.6) is 0 Å². The Morgan fingerprint density at radius 2 is 1.80 bits per heavy atom. The van der Waals surface area contributed by atoms with Gasteiger partial charge in [-0.2, -0.15) is 5.10 Å². The second kappa shape index (κ2) is 5.43. The summed E-state index contributed by atoms with van der Waals surface area (Å²) in [6.45, 7) is 2.14. The molecule has 3 nitrogen and oxygen atoms in total. The molecule has 0 saturated heterocycles. The molecule has 4 heteroatoms. The maximum atomic E-state index is 6.00. The SMILES string of the molecule is Cc1c2c(nc3cc(-c4ccc(Cl)cc4)nn13)-c1ccccc1CC2. The molecule has 0 fully saturated rings. The fourth-order valence-electron chi connectivity index (χ4n) is 3.69. The Morgan fingerprint density at radius 3 is 2.64 bits per heavy atom. The normalized spacial score (nSPS) is 12.9. The number of halogens is 1. The van der Waals surface area contributed by atoms with Gasteiger partial charge in [-0.05, 0) is 37.5 Å². The largest absolute Gasteiger partial charge is 0.228 e. The number of hydrogen-bond donors (Lipinski definition) is 0. The van der Waals surface area contributed by atoms with Crippen molar-refractivity contribution < 1.29 is 0 Å². The molecule has 0 amide bonds. The topological polar surface area (TPSA) is 30.2 Å². The van der Waals surface area contributed by atoms with Gasteiger partial charge in [0.1, 0.15) is 0 Å². The molecule has 0 N–H and O–H groups in total. The molecule has 25 heavy (non-hydrogen) atoms. The fraction of sp³-hybridized carbons (Fsp3) is 0.143. The predicted octanol–water partition coefficient (Wildman–Crippen LogP) is 5.12. The number of fused-ring (bicyclic) bond motifs is 4. The third-order valence-corrected chi connectivity index (χ3v) is 5.27. The van der Waals surface area contributed by atoms with Crippen LogP contribution in [0.1, 0.15) is 16.8 Å². The van der Waals surface area contributed by atoms with E-state index in [2.05, 4.69) is 31.2 Å². The molecule has 1 aliphatic carbocycles. The lowest BCUT2D eigenvalue weighted by Crippen LogP contribution is -2.11. The number of benzene rings is 2. The van der Waals surface area contributed by atoms with Crippen molar-refractivity contribution in [1.29, 1.82) is 0 Å². The van der Waals surface area contributed by atoms with Crippen molar-refractivity contribution in [3.05, 3.63) is 76.4 Å². The van der Waals surface area contributed by atoms with Crippen molar-refractivity contribution in [2.24, 2.45) is 0 Å². The molecule has 0 unspecified atom stereocenters. The summed E-state index contributed by atoms with van der Waals surface area (Å²) in [6.07, 6.45) is 2.07. The van der Waals surface area contributed by atoms with E-state index in [4.69, 9.17) is 21.7 Å². The van der Waals surface area contributed by atoms with E-state index in [0.29, 0.717) is 0 Å². The van der Waals surface area contributed by atoms with Gasteiger partial charge in [0.05, 0.1) is 11.4 Å². The van der Waals surface area contributed by atoms with Gasteiger partial charge in [-0.1, -0.05) is 48.0 Å². The van der Waals surface area contributed by atoms with Crippen LogP contribution in [0.2, 0.25) is 5.02 Å². The van der Waals surface area contributed by atoms with Gasteiger partial charge in [-0.25, -0.2) is 9.50 Å². The van der Waals surface area contributed by atoms with E-state index in [1.54, 1.807) is 0 Å². The standard InChI is InChI=1S/C21H16ClN3/c1-13-17-11-8-14-4-2-3-5-18(14)21(17)23-20-12-19(24-25(13)20)15-6-9-16(22)10-7-15/h2-7,9-10,12H,8,11H2,1H3. The smallest absolute Gasteiger partial charge is 0.156 e. The van der Waals surface area contributed by atoms with Crippen molar-refractivity contribution >= 4 is 17.2 Å². The summed E-state index contributed by atoms with van der Waals surface area (Å²) in [5, 5.41) is 5.52. The predicted molar refractivity (Wildman–Crippen MR) is 101 cm³/mol. The summed E-state index contributed by atoms with van der Waals surface area (Å²) >= 11 is 6.00.